The fraction of sp³-hybridized carbons (Fsp3) is 0.526. The van der Waals surface area contributed by atoms with Gasteiger partial charge in [0.1, 0.15) is 5.60 Å². The van der Waals surface area contributed by atoms with Crippen molar-refractivity contribution in [2.24, 2.45) is 5.41 Å². The van der Waals surface area contributed by atoms with Crippen molar-refractivity contribution in [3.05, 3.63) is 34.9 Å². The Morgan fingerprint density at radius 1 is 1.28 bits per heavy atom. The first-order chi connectivity index (χ1) is 11.3. The quantitative estimate of drug-likeness (QED) is 0.585. The van der Waals surface area contributed by atoms with E-state index in [-0.39, 0.29) is 24.5 Å². The molecule has 2 N–H and O–H groups in total. The largest absolute Gasteiger partial charge is 0.478 e. The minimum atomic E-state index is -1.45. The number of ketones is 1. The van der Waals surface area contributed by atoms with Gasteiger partial charge in [-0.3, -0.25) is 9.59 Å². The van der Waals surface area contributed by atoms with E-state index in [9.17, 15) is 19.5 Å². The van der Waals surface area contributed by atoms with E-state index in [2.05, 4.69) is 0 Å². The fourth-order valence-corrected chi connectivity index (χ4v) is 2.98. The Labute approximate surface area is 148 Å². The van der Waals surface area contributed by atoms with Gasteiger partial charge in [0, 0.05) is 37.6 Å². The Balaban J connectivity index is 3.39. The second kappa shape index (κ2) is 7.35. The Morgan fingerprint density at radius 3 is 2.32 bits per heavy atom. The average molecular weight is 349 g/mol. The topological polar surface area (TPSA) is 94.9 Å². The fourth-order valence-electron chi connectivity index (χ4n) is 2.98. The highest BCUT2D eigenvalue weighted by Gasteiger charge is 2.49. The molecule has 0 saturated carbocycles. The highest BCUT2D eigenvalue weighted by atomic mass is 16.4. The molecule has 0 radical (unpaired) electrons. The zero-order valence-electron chi connectivity index (χ0n) is 15.7. The lowest BCUT2D eigenvalue weighted by Crippen LogP contribution is -2.49. The minimum Gasteiger partial charge on any atom is -0.478 e. The average Bonchev–Trinajstić information content (AvgIpc) is 2.46. The Kier molecular flexibility index (Phi) is 6.13. The molecule has 0 bridgehead atoms. The van der Waals surface area contributed by atoms with Crippen LogP contribution in [0.3, 0.4) is 0 Å². The van der Waals surface area contributed by atoms with Crippen LogP contribution in [-0.2, 0) is 14.4 Å². The number of hydrogen-bond donors (Lipinski definition) is 2. The molecule has 1 aliphatic rings. The Morgan fingerprint density at radius 2 is 1.84 bits per heavy atom. The third-order valence-corrected chi connectivity index (χ3v) is 4.76. The van der Waals surface area contributed by atoms with Crippen molar-refractivity contribution in [3.8, 4) is 0 Å². The summed E-state index contributed by atoms with van der Waals surface area (Å²) in [6.07, 6.45) is 4.12. The first kappa shape index (κ1) is 20.8. The molecule has 0 spiro atoms. The van der Waals surface area contributed by atoms with Gasteiger partial charge in [0.2, 0.25) is 5.91 Å². The number of nitrogens with zero attached hydrogens (tertiary/aromatic N) is 1. The van der Waals surface area contributed by atoms with Crippen molar-refractivity contribution in [1.29, 1.82) is 0 Å². The number of aliphatic carboxylic acids is 1. The van der Waals surface area contributed by atoms with E-state index in [0.717, 1.165) is 6.08 Å². The number of amides is 1. The second-order valence-electron chi connectivity index (χ2n) is 7.38. The summed E-state index contributed by atoms with van der Waals surface area (Å²) in [6, 6.07) is 0. The summed E-state index contributed by atoms with van der Waals surface area (Å²) in [6.45, 7) is 6.82. The summed E-state index contributed by atoms with van der Waals surface area (Å²) >= 11 is 0. The molecule has 0 aromatic heterocycles. The number of Topliss-reactive ketones (excluding diaryl/α,β-unsaturated/α-hetero) is 1. The van der Waals surface area contributed by atoms with E-state index in [1.165, 1.54) is 17.1 Å². The van der Waals surface area contributed by atoms with Crippen molar-refractivity contribution in [1.82, 2.24) is 4.90 Å². The van der Waals surface area contributed by atoms with Gasteiger partial charge in [0.15, 0.2) is 5.78 Å². The zero-order valence-corrected chi connectivity index (χ0v) is 15.7. The van der Waals surface area contributed by atoms with E-state index in [1.54, 1.807) is 41.8 Å². The number of aliphatic hydroxyl groups is 1. The number of carboxylic acids is 1. The van der Waals surface area contributed by atoms with Crippen molar-refractivity contribution in [2.75, 3.05) is 14.1 Å². The molecule has 0 saturated heterocycles. The van der Waals surface area contributed by atoms with Crippen LogP contribution in [-0.4, -0.2) is 52.5 Å². The molecular weight excluding hydrogens is 322 g/mol. The number of rotatable bonds is 5. The van der Waals surface area contributed by atoms with Gasteiger partial charge in [-0.2, -0.15) is 0 Å². The predicted octanol–water partition coefficient (Wildman–Crippen LogP) is 2.10. The standard InChI is InChI=1S/C19H27NO5/c1-12(9-17(23)24)7-8-19(25)13(2)14(10-16(22)20(5)6)15(21)11-18(19,3)4/h7-9,25H,10-11H2,1-6H3,(H,23,24)/t19-/m1/s1. The lowest BCUT2D eigenvalue weighted by molar-refractivity contribution is -0.131. The van der Waals surface area contributed by atoms with Crippen LogP contribution in [0.2, 0.25) is 0 Å². The number of allylic oxidation sites excluding steroid dienone is 2. The van der Waals surface area contributed by atoms with E-state index in [0.29, 0.717) is 16.7 Å². The van der Waals surface area contributed by atoms with Gasteiger partial charge in [-0.15, -0.1) is 0 Å². The maximum Gasteiger partial charge on any atom is 0.328 e. The summed E-state index contributed by atoms with van der Waals surface area (Å²) in [5.41, 5.74) is -1.00. The highest BCUT2D eigenvalue weighted by molar-refractivity contribution is 6.02. The molecule has 25 heavy (non-hydrogen) atoms. The van der Waals surface area contributed by atoms with E-state index in [1.807, 2.05) is 0 Å². The van der Waals surface area contributed by atoms with Crippen LogP contribution >= 0.6 is 0 Å². The van der Waals surface area contributed by atoms with E-state index < -0.39 is 17.0 Å². The van der Waals surface area contributed by atoms with Gasteiger partial charge >= 0.3 is 5.97 Å². The number of carbonyl (C=O) groups is 3. The Bertz CT molecular complexity index is 682. The predicted molar refractivity (Wildman–Crippen MR) is 94.9 cm³/mol. The number of carbonyl (C=O) groups excluding carboxylic acids is 2. The summed E-state index contributed by atoms with van der Waals surface area (Å²) in [7, 11) is 3.23. The molecule has 6 heteroatoms. The Hall–Kier alpha value is -2.21. The van der Waals surface area contributed by atoms with Crippen LogP contribution in [0.5, 0.6) is 0 Å². The number of carboxylic acid groups (broad SMARTS) is 1. The SMILES string of the molecule is CC(C=C[C@@]1(O)C(C)=C(CC(=O)N(C)C)C(=O)CC1(C)C)=CC(=O)O. The van der Waals surface area contributed by atoms with Crippen molar-refractivity contribution < 1.29 is 24.6 Å². The molecule has 0 aromatic carbocycles. The molecule has 0 aromatic rings. The van der Waals surface area contributed by atoms with Crippen LogP contribution < -0.4 is 0 Å². The summed E-state index contributed by atoms with van der Waals surface area (Å²) in [5.74, 6) is -1.43. The van der Waals surface area contributed by atoms with Crippen LogP contribution in [0.1, 0.15) is 40.5 Å². The maximum atomic E-state index is 12.5. The lowest BCUT2D eigenvalue weighted by atomic mass is 9.62. The second-order valence-corrected chi connectivity index (χ2v) is 7.38. The normalized spacial score (nSPS) is 24.0. The summed E-state index contributed by atoms with van der Waals surface area (Å²) in [4.78, 5) is 36.7. The minimum absolute atomic E-state index is 0.0617. The molecular formula is C19H27NO5. The van der Waals surface area contributed by atoms with Crippen LogP contribution in [0.15, 0.2) is 34.9 Å². The number of hydrogen-bond acceptors (Lipinski definition) is 4. The zero-order chi connectivity index (χ0) is 19.6. The molecule has 1 atom stereocenters. The van der Waals surface area contributed by atoms with Gasteiger partial charge in [-0.05, 0) is 31.1 Å². The van der Waals surface area contributed by atoms with E-state index in [4.69, 9.17) is 5.11 Å². The van der Waals surface area contributed by atoms with Crippen LogP contribution in [0.4, 0.5) is 0 Å². The molecule has 138 valence electrons. The third-order valence-electron chi connectivity index (χ3n) is 4.76. The van der Waals surface area contributed by atoms with Gasteiger partial charge in [0.25, 0.3) is 0 Å². The van der Waals surface area contributed by atoms with Crippen LogP contribution in [0.25, 0.3) is 0 Å². The van der Waals surface area contributed by atoms with Crippen molar-refractivity contribution in [3.63, 3.8) is 0 Å². The van der Waals surface area contributed by atoms with Crippen LogP contribution in [0, 0.1) is 5.41 Å². The monoisotopic (exact) mass is 349 g/mol. The first-order valence-corrected chi connectivity index (χ1v) is 8.08. The molecule has 6 nitrogen and oxygen atoms in total. The molecule has 1 rings (SSSR count). The van der Waals surface area contributed by atoms with Crippen molar-refractivity contribution >= 4 is 17.7 Å². The summed E-state index contributed by atoms with van der Waals surface area (Å²) in [5, 5.41) is 20.1. The first-order valence-electron chi connectivity index (χ1n) is 8.08. The van der Waals surface area contributed by atoms with E-state index >= 15 is 0 Å². The molecule has 1 aliphatic carbocycles. The third kappa shape index (κ3) is 4.45. The van der Waals surface area contributed by atoms with Crippen molar-refractivity contribution in [2.45, 2.75) is 46.1 Å². The molecule has 0 unspecified atom stereocenters. The van der Waals surface area contributed by atoms with Gasteiger partial charge in [0.05, 0.1) is 6.42 Å². The summed E-state index contributed by atoms with van der Waals surface area (Å²) < 4.78 is 0. The molecule has 1 amide bonds. The lowest BCUT2D eigenvalue weighted by Gasteiger charge is -2.45. The smallest absolute Gasteiger partial charge is 0.328 e. The molecule has 0 heterocycles. The highest BCUT2D eigenvalue weighted by Crippen LogP contribution is 2.47. The van der Waals surface area contributed by atoms with Gasteiger partial charge in [-0.1, -0.05) is 19.9 Å². The van der Waals surface area contributed by atoms with Gasteiger partial charge in [-0.25, -0.2) is 4.79 Å². The van der Waals surface area contributed by atoms with Gasteiger partial charge < -0.3 is 15.1 Å². The maximum absolute atomic E-state index is 12.5. The molecule has 0 fully saturated rings. The molecule has 0 aliphatic heterocycles.